The van der Waals surface area contributed by atoms with Gasteiger partial charge in [-0.2, -0.15) is 0 Å². The zero-order chi connectivity index (χ0) is 22.0. The first-order chi connectivity index (χ1) is 14.4. The lowest BCUT2D eigenvalue weighted by Crippen LogP contribution is -2.39. The SMILES string of the molecule is CC.CC(C)CN1CCc2c([nH]c3ccccc23)C1c1c(F)cc(C(C)C)cc1F. The first-order valence-electron chi connectivity index (χ1n) is 11.2. The Hall–Kier alpha value is -2.20. The molecule has 2 aromatic carbocycles. The zero-order valence-electron chi connectivity index (χ0n) is 19.0. The van der Waals surface area contributed by atoms with Gasteiger partial charge in [-0.05, 0) is 47.6 Å². The molecule has 0 aliphatic carbocycles. The molecular formula is C26H34F2N2. The summed E-state index contributed by atoms with van der Waals surface area (Å²) in [4.78, 5) is 5.71. The monoisotopic (exact) mass is 412 g/mol. The van der Waals surface area contributed by atoms with Crippen LogP contribution in [0.3, 0.4) is 0 Å². The van der Waals surface area contributed by atoms with Crippen molar-refractivity contribution >= 4 is 10.9 Å². The predicted molar refractivity (Wildman–Crippen MR) is 122 cm³/mol. The van der Waals surface area contributed by atoms with E-state index in [-0.39, 0.29) is 11.5 Å². The molecule has 0 spiro atoms. The van der Waals surface area contributed by atoms with E-state index in [2.05, 4.69) is 29.8 Å². The van der Waals surface area contributed by atoms with E-state index in [0.717, 1.165) is 36.1 Å². The second-order valence-corrected chi connectivity index (χ2v) is 8.66. The Labute approximate surface area is 179 Å². The number of benzene rings is 2. The van der Waals surface area contributed by atoms with Crippen molar-refractivity contribution in [3.63, 3.8) is 0 Å². The van der Waals surface area contributed by atoms with Gasteiger partial charge in [0, 0.05) is 35.2 Å². The lowest BCUT2D eigenvalue weighted by Gasteiger charge is -2.37. The number of H-pyrrole nitrogens is 1. The number of halogens is 2. The Morgan fingerprint density at radius 1 is 1.03 bits per heavy atom. The minimum Gasteiger partial charge on any atom is -0.357 e. The Morgan fingerprint density at radius 3 is 2.27 bits per heavy atom. The molecule has 0 bridgehead atoms. The van der Waals surface area contributed by atoms with E-state index < -0.39 is 17.7 Å². The highest BCUT2D eigenvalue weighted by Crippen LogP contribution is 2.41. The van der Waals surface area contributed by atoms with Gasteiger partial charge in [-0.1, -0.05) is 59.7 Å². The number of para-hydroxylation sites is 1. The van der Waals surface area contributed by atoms with Gasteiger partial charge in [-0.15, -0.1) is 0 Å². The van der Waals surface area contributed by atoms with E-state index in [4.69, 9.17) is 0 Å². The molecule has 2 heterocycles. The zero-order valence-corrected chi connectivity index (χ0v) is 19.0. The van der Waals surface area contributed by atoms with Crippen LogP contribution in [0.15, 0.2) is 36.4 Å². The van der Waals surface area contributed by atoms with Gasteiger partial charge in [0.2, 0.25) is 0 Å². The molecule has 0 fully saturated rings. The fourth-order valence-electron chi connectivity index (χ4n) is 4.48. The number of aromatic amines is 1. The van der Waals surface area contributed by atoms with Crippen LogP contribution < -0.4 is 0 Å². The highest BCUT2D eigenvalue weighted by Gasteiger charge is 2.35. The second kappa shape index (κ2) is 9.30. The predicted octanol–water partition coefficient (Wildman–Crippen LogP) is 7.20. The molecule has 0 saturated carbocycles. The number of nitrogens with one attached hydrogen (secondary N) is 1. The van der Waals surface area contributed by atoms with Gasteiger partial charge in [0.05, 0.1) is 6.04 Å². The second-order valence-electron chi connectivity index (χ2n) is 8.66. The quantitative estimate of drug-likeness (QED) is 0.480. The molecule has 1 aromatic heterocycles. The van der Waals surface area contributed by atoms with Crippen LogP contribution in [-0.2, 0) is 6.42 Å². The summed E-state index contributed by atoms with van der Waals surface area (Å²) in [6, 6.07) is 10.7. The number of nitrogens with zero attached hydrogens (tertiary/aromatic N) is 1. The van der Waals surface area contributed by atoms with Crippen LogP contribution in [0.1, 0.15) is 75.9 Å². The highest BCUT2D eigenvalue weighted by molar-refractivity contribution is 5.85. The molecule has 4 rings (SSSR count). The Morgan fingerprint density at radius 2 is 1.67 bits per heavy atom. The van der Waals surface area contributed by atoms with Crippen LogP contribution in [0.4, 0.5) is 8.78 Å². The van der Waals surface area contributed by atoms with E-state index in [1.165, 1.54) is 17.7 Å². The number of hydrogen-bond donors (Lipinski definition) is 1. The summed E-state index contributed by atoms with van der Waals surface area (Å²) in [6.45, 7) is 13.8. The largest absolute Gasteiger partial charge is 0.357 e. The molecule has 0 radical (unpaired) electrons. The molecule has 1 N–H and O–H groups in total. The topological polar surface area (TPSA) is 19.0 Å². The Balaban J connectivity index is 0.00000124. The van der Waals surface area contributed by atoms with Crippen molar-refractivity contribution in [2.24, 2.45) is 5.92 Å². The number of fused-ring (bicyclic) bond motifs is 3. The molecule has 1 unspecified atom stereocenters. The normalized spacial score (nSPS) is 16.7. The first kappa shape index (κ1) is 22.5. The smallest absolute Gasteiger partial charge is 0.131 e. The lowest BCUT2D eigenvalue weighted by molar-refractivity contribution is 0.181. The van der Waals surface area contributed by atoms with Crippen LogP contribution in [0, 0.1) is 17.6 Å². The molecule has 3 aromatic rings. The molecule has 1 atom stereocenters. The van der Waals surface area contributed by atoms with E-state index >= 15 is 8.78 Å². The molecule has 4 heteroatoms. The third-order valence-electron chi connectivity index (χ3n) is 5.78. The van der Waals surface area contributed by atoms with Crippen molar-refractivity contribution in [1.29, 1.82) is 0 Å². The van der Waals surface area contributed by atoms with Gasteiger partial charge in [-0.25, -0.2) is 8.78 Å². The van der Waals surface area contributed by atoms with E-state index in [0.29, 0.717) is 11.5 Å². The van der Waals surface area contributed by atoms with Gasteiger partial charge in [0.15, 0.2) is 0 Å². The summed E-state index contributed by atoms with van der Waals surface area (Å²) >= 11 is 0. The van der Waals surface area contributed by atoms with E-state index in [1.807, 2.05) is 45.9 Å². The van der Waals surface area contributed by atoms with Crippen molar-refractivity contribution in [2.45, 2.75) is 59.9 Å². The molecule has 162 valence electrons. The molecule has 30 heavy (non-hydrogen) atoms. The van der Waals surface area contributed by atoms with Gasteiger partial charge in [-0.3, -0.25) is 4.90 Å². The molecule has 0 amide bonds. The molecule has 2 nitrogen and oxygen atoms in total. The fraction of sp³-hybridized carbons (Fsp3) is 0.462. The molecule has 0 saturated heterocycles. The number of aromatic nitrogens is 1. The van der Waals surface area contributed by atoms with Crippen molar-refractivity contribution in [3.8, 4) is 0 Å². The van der Waals surface area contributed by atoms with Crippen molar-refractivity contribution in [1.82, 2.24) is 9.88 Å². The fourth-order valence-corrected chi connectivity index (χ4v) is 4.48. The molecule has 1 aliphatic heterocycles. The molecule has 1 aliphatic rings. The van der Waals surface area contributed by atoms with Crippen LogP contribution in [0.2, 0.25) is 0 Å². The summed E-state index contributed by atoms with van der Waals surface area (Å²) in [5.74, 6) is -0.405. The third kappa shape index (κ3) is 4.15. The standard InChI is InChI=1S/C24H28F2N2.C2H6/c1-14(2)13-28-10-9-18-17-7-5-6-8-21(17)27-23(18)24(28)22-19(25)11-16(15(3)4)12-20(22)26;1-2/h5-8,11-12,14-15,24,27H,9-10,13H2,1-4H3;1-2H3. The van der Waals surface area contributed by atoms with Crippen LogP contribution in [-0.4, -0.2) is 23.0 Å². The lowest BCUT2D eigenvalue weighted by atomic mass is 9.89. The van der Waals surface area contributed by atoms with Crippen LogP contribution in [0.5, 0.6) is 0 Å². The van der Waals surface area contributed by atoms with Gasteiger partial charge in [0.1, 0.15) is 11.6 Å². The summed E-state index contributed by atoms with van der Waals surface area (Å²) in [5.41, 5.74) is 4.01. The highest BCUT2D eigenvalue weighted by atomic mass is 19.1. The first-order valence-corrected chi connectivity index (χ1v) is 11.2. The van der Waals surface area contributed by atoms with Gasteiger partial charge < -0.3 is 4.98 Å². The number of rotatable bonds is 4. The minimum atomic E-state index is -0.450. The third-order valence-corrected chi connectivity index (χ3v) is 5.78. The summed E-state index contributed by atoms with van der Waals surface area (Å²) < 4.78 is 30.5. The van der Waals surface area contributed by atoms with Crippen molar-refractivity contribution < 1.29 is 8.78 Å². The maximum atomic E-state index is 15.2. The summed E-state index contributed by atoms with van der Waals surface area (Å²) in [5, 5.41) is 1.16. The maximum absolute atomic E-state index is 15.2. The average molecular weight is 413 g/mol. The van der Waals surface area contributed by atoms with Crippen LogP contribution >= 0.6 is 0 Å². The van der Waals surface area contributed by atoms with Crippen LogP contribution in [0.25, 0.3) is 10.9 Å². The van der Waals surface area contributed by atoms with E-state index in [9.17, 15) is 0 Å². The Bertz CT molecular complexity index is 980. The van der Waals surface area contributed by atoms with Gasteiger partial charge in [0.25, 0.3) is 0 Å². The molecular weight excluding hydrogens is 378 g/mol. The maximum Gasteiger partial charge on any atom is 0.131 e. The minimum absolute atomic E-state index is 0.0832. The average Bonchev–Trinajstić information content (AvgIpc) is 3.08. The summed E-state index contributed by atoms with van der Waals surface area (Å²) in [6.07, 6.45) is 0.885. The van der Waals surface area contributed by atoms with Crippen molar-refractivity contribution in [3.05, 3.63) is 70.4 Å². The Kier molecular flexibility index (Phi) is 6.97. The van der Waals surface area contributed by atoms with Gasteiger partial charge >= 0.3 is 0 Å². The van der Waals surface area contributed by atoms with E-state index in [1.54, 1.807) is 0 Å². The number of hydrogen-bond acceptors (Lipinski definition) is 1. The van der Waals surface area contributed by atoms with Crippen molar-refractivity contribution in [2.75, 3.05) is 13.1 Å². The summed E-state index contributed by atoms with van der Waals surface area (Å²) in [7, 11) is 0.